The largest absolute Gasteiger partial charge is 0.465 e. The first kappa shape index (κ1) is 17.9. The number of carbonyl (C=O) groups is 2. The molecule has 1 rings (SSSR count). The van der Waals surface area contributed by atoms with E-state index in [-0.39, 0.29) is 13.2 Å². The third-order valence-electron chi connectivity index (χ3n) is 2.99. The number of hydrogen-bond donors (Lipinski definition) is 0. The van der Waals surface area contributed by atoms with Crippen molar-refractivity contribution < 1.29 is 19.1 Å². The Morgan fingerprint density at radius 3 is 2.23 bits per heavy atom. The third kappa shape index (κ3) is 4.41. The van der Waals surface area contributed by atoms with Crippen LogP contribution < -0.4 is 0 Å². The lowest BCUT2D eigenvalue weighted by molar-refractivity contribution is -0.157. The van der Waals surface area contributed by atoms with E-state index in [0.29, 0.717) is 24.5 Å². The molecule has 0 aliphatic carbocycles. The van der Waals surface area contributed by atoms with E-state index in [4.69, 9.17) is 9.47 Å². The van der Waals surface area contributed by atoms with Gasteiger partial charge in [0.15, 0.2) is 5.92 Å². The van der Waals surface area contributed by atoms with Crippen molar-refractivity contribution in [2.75, 3.05) is 13.2 Å². The molecule has 1 aromatic rings. The zero-order valence-electron chi connectivity index (χ0n) is 13.5. The summed E-state index contributed by atoms with van der Waals surface area (Å²) >= 11 is 0. The summed E-state index contributed by atoms with van der Waals surface area (Å²) in [5.74, 6) is -1.81. The molecular weight excluding hydrogens is 286 g/mol. The van der Waals surface area contributed by atoms with Gasteiger partial charge in [-0.3, -0.25) is 9.59 Å². The van der Waals surface area contributed by atoms with Gasteiger partial charge in [0.25, 0.3) is 0 Å². The van der Waals surface area contributed by atoms with E-state index in [9.17, 15) is 9.59 Å². The van der Waals surface area contributed by atoms with Gasteiger partial charge in [-0.2, -0.15) is 5.10 Å². The highest BCUT2D eigenvalue weighted by atomic mass is 16.6. The van der Waals surface area contributed by atoms with Crippen molar-refractivity contribution in [1.29, 1.82) is 0 Å². The normalized spacial score (nSPS) is 11.6. The predicted molar refractivity (Wildman–Crippen MR) is 82.0 cm³/mol. The Kier molecular flexibility index (Phi) is 7.28. The van der Waals surface area contributed by atoms with E-state index in [1.54, 1.807) is 30.8 Å². The van der Waals surface area contributed by atoms with Crippen LogP contribution in [-0.4, -0.2) is 40.6 Å². The first-order valence-corrected chi connectivity index (χ1v) is 7.51. The monoisotopic (exact) mass is 309 g/mol. The Labute approximate surface area is 130 Å². The summed E-state index contributed by atoms with van der Waals surface area (Å²) in [6, 6.07) is 1.73. The van der Waals surface area contributed by atoms with Crippen molar-refractivity contribution in [3.63, 3.8) is 0 Å². The van der Waals surface area contributed by atoms with Gasteiger partial charge in [-0.15, -0.1) is 0 Å². The standard InChI is InChI=1S/C15H23N3O4/c1-5-11(17-12-9-10-16-18(12)6-2)13(14(19)21-7-3)15(20)22-8-4/h9-10,13H,5-8H2,1-4H3. The molecule has 0 amide bonds. The molecule has 0 radical (unpaired) electrons. The van der Waals surface area contributed by atoms with Crippen LogP contribution in [0.3, 0.4) is 0 Å². The Bertz CT molecular complexity index is 519. The number of hydrogen-bond acceptors (Lipinski definition) is 6. The SMILES string of the molecule is CCOC(=O)C(C(=O)OCC)C(CC)=Nc1ccnn1CC. The molecule has 0 aliphatic heterocycles. The Hall–Kier alpha value is -2.18. The first-order valence-electron chi connectivity index (χ1n) is 7.51. The molecule has 0 saturated carbocycles. The van der Waals surface area contributed by atoms with Crippen LogP contribution in [0, 0.1) is 5.92 Å². The van der Waals surface area contributed by atoms with Gasteiger partial charge in [-0.1, -0.05) is 6.92 Å². The fourth-order valence-corrected chi connectivity index (χ4v) is 1.98. The second kappa shape index (κ2) is 8.96. The van der Waals surface area contributed by atoms with Crippen LogP contribution >= 0.6 is 0 Å². The maximum absolute atomic E-state index is 12.1. The minimum atomic E-state index is -1.13. The molecule has 7 heteroatoms. The minimum absolute atomic E-state index is 0.193. The summed E-state index contributed by atoms with van der Waals surface area (Å²) < 4.78 is 11.7. The second-order valence-corrected chi connectivity index (χ2v) is 4.40. The molecule has 1 heterocycles. The van der Waals surface area contributed by atoms with Crippen LogP contribution in [0.2, 0.25) is 0 Å². The Morgan fingerprint density at radius 1 is 1.18 bits per heavy atom. The fourth-order valence-electron chi connectivity index (χ4n) is 1.98. The average molecular weight is 309 g/mol. The van der Waals surface area contributed by atoms with Gasteiger partial charge in [-0.25, -0.2) is 9.67 Å². The van der Waals surface area contributed by atoms with E-state index in [0.717, 1.165) is 0 Å². The quantitative estimate of drug-likeness (QED) is 0.417. The molecule has 0 bridgehead atoms. The molecule has 0 saturated heterocycles. The summed E-state index contributed by atoms with van der Waals surface area (Å²) in [7, 11) is 0. The molecule has 0 spiro atoms. The molecule has 22 heavy (non-hydrogen) atoms. The molecule has 0 fully saturated rings. The maximum Gasteiger partial charge on any atom is 0.326 e. The molecule has 0 atom stereocenters. The molecule has 0 aromatic carbocycles. The van der Waals surface area contributed by atoms with E-state index >= 15 is 0 Å². The summed E-state index contributed by atoms with van der Waals surface area (Å²) in [5.41, 5.74) is 0.409. The molecule has 0 aliphatic rings. The van der Waals surface area contributed by atoms with E-state index in [1.165, 1.54) is 0 Å². The molecule has 0 N–H and O–H groups in total. The highest BCUT2D eigenvalue weighted by molar-refractivity contribution is 6.17. The van der Waals surface area contributed by atoms with E-state index in [1.807, 2.05) is 13.8 Å². The van der Waals surface area contributed by atoms with Crippen LogP contribution in [0.1, 0.15) is 34.1 Å². The highest BCUT2D eigenvalue weighted by Crippen LogP contribution is 2.17. The van der Waals surface area contributed by atoms with Crippen molar-refractivity contribution in [3.05, 3.63) is 12.3 Å². The van der Waals surface area contributed by atoms with E-state index < -0.39 is 17.9 Å². The minimum Gasteiger partial charge on any atom is -0.465 e. The third-order valence-corrected chi connectivity index (χ3v) is 2.99. The van der Waals surface area contributed by atoms with Gasteiger partial charge in [0, 0.05) is 18.3 Å². The van der Waals surface area contributed by atoms with Crippen LogP contribution in [0.15, 0.2) is 17.3 Å². The van der Waals surface area contributed by atoms with Gasteiger partial charge in [-0.05, 0) is 27.2 Å². The van der Waals surface area contributed by atoms with Crippen LogP contribution in [-0.2, 0) is 25.6 Å². The number of ether oxygens (including phenoxy) is 2. The average Bonchev–Trinajstić information content (AvgIpc) is 2.94. The number of rotatable bonds is 8. The molecular formula is C15H23N3O4. The summed E-state index contributed by atoms with van der Waals surface area (Å²) in [6.45, 7) is 8.18. The van der Waals surface area contributed by atoms with Crippen LogP contribution in [0.4, 0.5) is 5.82 Å². The topological polar surface area (TPSA) is 82.8 Å². The van der Waals surface area contributed by atoms with Gasteiger partial charge in [0.05, 0.1) is 19.4 Å². The first-order chi connectivity index (χ1) is 10.6. The number of aliphatic imine (C=N–C) groups is 1. The Balaban J connectivity index is 3.17. The molecule has 0 unspecified atom stereocenters. The van der Waals surface area contributed by atoms with Crippen molar-refractivity contribution in [1.82, 2.24) is 9.78 Å². The number of aromatic nitrogens is 2. The van der Waals surface area contributed by atoms with Crippen LogP contribution in [0.5, 0.6) is 0 Å². The summed E-state index contributed by atoms with van der Waals surface area (Å²) in [5, 5.41) is 4.12. The molecule has 122 valence electrons. The van der Waals surface area contributed by atoms with Gasteiger partial charge < -0.3 is 9.47 Å². The van der Waals surface area contributed by atoms with E-state index in [2.05, 4.69) is 10.1 Å². The number of carbonyl (C=O) groups excluding carboxylic acids is 2. The summed E-state index contributed by atoms with van der Waals surface area (Å²) in [6.07, 6.45) is 2.05. The zero-order valence-corrected chi connectivity index (χ0v) is 13.5. The summed E-state index contributed by atoms with van der Waals surface area (Å²) in [4.78, 5) is 28.7. The van der Waals surface area contributed by atoms with Crippen molar-refractivity contribution in [3.8, 4) is 0 Å². The number of nitrogens with zero attached hydrogens (tertiary/aromatic N) is 3. The van der Waals surface area contributed by atoms with Gasteiger partial charge >= 0.3 is 11.9 Å². The van der Waals surface area contributed by atoms with Crippen LogP contribution in [0.25, 0.3) is 0 Å². The molecule has 7 nitrogen and oxygen atoms in total. The van der Waals surface area contributed by atoms with Gasteiger partial charge in [0.2, 0.25) is 0 Å². The van der Waals surface area contributed by atoms with Crippen molar-refractivity contribution in [2.24, 2.45) is 10.9 Å². The second-order valence-electron chi connectivity index (χ2n) is 4.40. The zero-order chi connectivity index (χ0) is 16.5. The molecule has 1 aromatic heterocycles. The van der Waals surface area contributed by atoms with Crippen molar-refractivity contribution in [2.45, 2.75) is 40.7 Å². The number of esters is 2. The predicted octanol–water partition coefficient (Wildman–Crippen LogP) is 2.13. The van der Waals surface area contributed by atoms with Gasteiger partial charge in [0.1, 0.15) is 5.82 Å². The Morgan fingerprint density at radius 2 is 1.77 bits per heavy atom. The smallest absolute Gasteiger partial charge is 0.326 e. The maximum atomic E-state index is 12.1. The number of aryl methyl sites for hydroxylation is 1. The lowest BCUT2D eigenvalue weighted by Gasteiger charge is -2.16. The highest BCUT2D eigenvalue weighted by Gasteiger charge is 2.34. The van der Waals surface area contributed by atoms with Crippen molar-refractivity contribution >= 4 is 23.5 Å². The fraction of sp³-hybridized carbons (Fsp3) is 0.600. The lowest BCUT2D eigenvalue weighted by Crippen LogP contribution is -2.34. The lowest BCUT2D eigenvalue weighted by atomic mass is 10.0.